The van der Waals surface area contributed by atoms with Gasteiger partial charge in [0.05, 0.1) is 0 Å². The van der Waals surface area contributed by atoms with Gasteiger partial charge in [0, 0.05) is 28.1 Å². The maximum atomic E-state index is 9.68. The van der Waals surface area contributed by atoms with Crippen molar-refractivity contribution in [2.75, 3.05) is 5.32 Å². The largest absolute Gasteiger partial charge is 0.508 e. The van der Waals surface area contributed by atoms with Crippen molar-refractivity contribution in [3.63, 3.8) is 0 Å². The Morgan fingerprint density at radius 1 is 0.815 bits per heavy atom. The Balaban J connectivity index is 1.78. The van der Waals surface area contributed by atoms with Crippen LogP contribution in [-0.2, 0) is 0 Å². The lowest BCUT2D eigenvalue weighted by molar-refractivity contribution is 0.475. The van der Waals surface area contributed by atoms with Gasteiger partial charge in [0.15, 0.2) is 5.82 Å². The van der Waals surface area contributed by atoms with E-state index in [1.165, 1.54) is 5.56 Å². The van der Waals surface area contributed by atoms with E-state index in [1.807, 2.05) is 24.3 Å². The van der Waals surface area contributed by atoms with E-state index in [-0.39, 0.29) is 5.75 Å². The van der Waals surface area contributed by atoms with E-state index in [1.54, 1.807) is 18.2 Å². The summed E-state index contributed by atoms with van der Waals surface area (Å²) in [6.45, 7) is 4.37. The van der Waals surface area contributed by atoms with Crippen LogP contribution in [0.3, 0.4) is 0 Å². The summed E-state index contributed by atoms with van der Waals surface area (Å²) in [5.41, 5.74) is 3.98. The Morgan fingerprint density at radius 3 is 2.26 bits per heavy atom. The number of benzene rings is 3. The second-order valence-electron chi connectivity index (χ2n) is 6.89. The van der Waals surface area contributed by atoms with Gasteiger partial charge in [-0.2, -0.15) is 0 Å². The van der Waals surface area contributed by atoms with Crippen molar-refractivity contribution in [1.82, 2.24) is 10.2 Å². The standard InChI is InChI=1S/C23H21N3O/c1-15(2)16-10-12-17(13-11-16)22-20-8-3-4-9-21(20)23(26-25-22)24-18-6-5-7-19(27)14-18/h3-15,27H,1-2H3,(H,24,26). The molecule has 0 bridgehead atoms. The highest BCUT2D eigenvalue weighted by molar-refractivity contribution is 6.00. The zero-order valence-electron chi connectivity index (χ0n) is 15.3. The van der Waals surface area contributed by atoms with Crippen LogP contribution in [0.1, 0.15) is 25.3 Å². The minimum atomic E-state index is 0.208. The first kappa shape index (κ1) is 17.0. The number of nitrogens with one attached hydrogen (secondary N) is 1. The first-order valence-electron chi connectivity index (χ1n) is 9.03. The number of anilines is 2. The van der Waals surface area contributed by atoms with Crippen molar-refractivity contribution in [2.24, 2.45) is 0 Å². The molecule has 0 fully saturated rings. The number of hydrogen-bond donors (Lipinski definition) is 2. The fraction of sp³-hybridized carbons (Fsp3) is 0.130. The van der Waals surface area contributed by atoms with E-state index in [9.17, 15) is 5.11 Å². The Kier molecular flexibility index (Phi) is 4.47. The third-order valence-corrected chi connectivity index (χ3v) is 4.65. The van der Waals surface area contributed by atoms with Crippen LogP contribution in [0.5, 0.6) is 5.75 Å². The molecule has 0 aliphatic carbocycles. The van der Waals surface area contributed by atoms with Crippen LogP contribution in [0.2, 0.25) is 0 Å². The van der Waals surface area contributed by atoms with Crippen LogP contribution in [0.4, 0.5) is 11.5 Å². The van der Waals surface area contributed by atoms with E-state index in [0.717, 1.165) is 27.7 Å². The monoisotopic (exact) mass is 355 g/mol. The number of nitrogens with zero attached hydrogens (tertiary/aromatic N) is 2. The topological polar surface area (TPSA) is 58.0 Å². The summed E-state index contributed by atoms with van der Waals surface area (Å²) >= 11 is 0. The van der Waals surface area contributed by atoms with Crippen molar-refractivity contribution in [3.05, 3.63) is 78.4 Å². The summed E-state index contributed by atoms with van der Waals surface area (Å²) in [4.78, 5) is 0. The highest BCUT2D eigenvalue weighted by atomic mass is 16.3. The van der Waals surface area contributed by atoms with Crippen molar-refractivity contribution < 1.29 is 5.11 Å². The quantitative estimate of drug-likeness (QED) is 0.481. The highest BCUT2D eigenvalue weighted by Gasteiger charge is 2.11. The van der Waals surface area contributed by atoms with E-state index >= 15 is 0 Å². The fourth-order valence-corrected chi connectivity index (χ4v) is 3.16. The lowest BCUT2D eigenvalue weighted by Crippen LogP contribution is -1.99. The number of phenolic OH excluding ortho intramolecular Hbond substituents is 1. The summed E-state index contributed by atoms with van der Waals surface area (Å²) in [7, 11) is 0. The molecule has 0 spiro atoms. The Labute approximate surface area is 158 Å². The van der Waals surface area contributed by atoms with Crippen LogP contribution in [0.25, 0.3) is 22.0 Å². The second kappa shape index (κ2) is 7.08. The molecule has 0 saturated carbocycles. The first-order valence-corrected chi connectivity index (χ1v) is 9.03. The van der Waals surface area contributed by atoms with Gasteiger partial charge in [0.25, 0.3) is 0 Å². The van der Waals surface area contributed by atoms with Gasteiger partial charge in [-0.3, -0.25) is 0 Å². The SMILES string of the molecule is CC(C)c1ccc(-c2nnc(Nc3cccc(O)c3)c3ccccc23)cc1. The maximum absolute atomic E-state index is 9.68. The molecule has 4 aromatic rings. The number of hydrogen-bond acceptors (Lipinski definition) is 4. The van der Waals surface area contributed by atoms with Gasteiger partial charge in [0.1, 0.15) is 11.4 Å². The molecule has 4 heteroatoms. The van der Waals surface area contributed by atoms with Crippen molar-refractivity contribution in [2.45, 2.75) is 19.8 Å². The number of fused-ring (bicyclic) bond motifs is 1. The fourth-order valence-electron chi connectivity index (χ4n) is 3.16. The third-order valence-electron chi connectivity index (χ3n) is 4.65. The maximum Gasteiger partial charge on any atom is 0.161 e. The lowest BCUT2D eigenvalue weighted by atomic mass is 9.99. The molecule has 2 N–H and O–H groups in total. The van der Waals surface area contributed by atoms with Gasteiger partial charge < -0.3 is 10.4 Å². The molecule has 0 aliphatic rings. The summed E-state index contributed by atoms with van der Waals surface area (Å²) in [6.07, 6.45) is 0. The molecule has 0 atom stereocenters. The summed E-state index contributed by atoms with van der Waals surface area (Å²) in [5, 5.41) is 23.9. The average molecular weight is 355 g/mol. The van der Waals surface area contributed by atoms with Crippen molar-refractivity contribution in [1.29, 1.82) is 0 Å². The third kappa shape index (κ3) is 3.47. The molecule has 4 nitrogen and oxygen atoms in total. The van der Waals surface area contributed by atoms with Gasteiger partial charge in [-0.1, -0.05) is 68.4 Å². The van der Waals surface area contributed by atoms with Gasteiger partial charge in [-0.15, -0.1) is 10.2 Å². The molecule has 0 aliphatic heterocycles. The zero-order valence-corrected chi connectivity index (χ0v) is 15.3. The van der Waals surface area contributed by atoms with Gasteiger partial charge in [0.2, 0.25) is 0 Å². The molecule has 27 heavy (non-hydrogen) atoms. The summed E-state index contributed by atoms with van der Waals surface area (Å²) in [6, 6.07) is 23.6. The smallest absolute Gasteiger partial charge is 0.161 e. The molecule has 1 heterocycles. The molecular weight excluding hydrogens is 334 g/mol. The lowest BCUT2D eigenvalue weighted by Gasteiger charge is -2.12. The molecule has 0 saturated heterocycles. The number of phenols is 1. The minimum Gasteiger partial charge on any atom is -0.508 e. The predicted octanol–water partition coefficient (Wildman–Crippen LogP) is 5.87. The normalized spacial score (nSPS) is 11.1. The molecule has 0 radical (unpaired) electrons. The highest BCUT2D eigenvalue weighted by Crippen LogP contribution is 2.32. The molecule has 4 rings (SSSR count). The van der Waals surface area contributed by atoms with E-state index < -0.39 is 0 Å². The molecule has 134 valence electrons. The molecule has 0 amide bonds. The molecule has 3 aromatic carbocycles. The van der Waals surface area contributed by atoms with Crippen LogP contribution in [0, 0.1) is 0 Å². The summed E-state index contributed by atoms with van der Waals surface area (Å²) < 4.78 is 0. The van der Waals surface area contributed by atoms with Gasteiger partial charge >= 0.3 is 0 Å². The van der Waals surface area contributed by atoms with Crippen molar-refractivity contribution in [3.8, 4) is 17.0 Å². The van der Waals surface area contributed by atoms with Gasteiger partial charge in [-0.25, -0.2) is 0 Å². The second-order valence-corrected chi connectivity index (χ2v) is 6.89. The first-order chi connectivity index (χ1) is 13.1. The van der Waals surface area contributed by atoms with E-state index in [2.05, 4.69) is 59.7 Å². The number of rotatable bonds is 4. The molecule has 1 aromatic heterocycles. The zero-order chi connectivity index (χ0) is 18.8. The Hall–Kier alpha value is -3.40. The number of aromatic nitrogens is 2. The van der Waals surface area contributed by atoms with Crippen LogP contribution >= 0.6 is 0 Å². The average Bonchev–Trinajstić information content (AvgIpc) is 2.68. The van der Waals surface area contributed by atoms with Gasteiger partial charge in [-0.05, 0) is 23.6 Å². The minimum absolute atomic E-state index is 0.208. The Morgan fingerprint density at radius 2 is 1.56 bits per heavy atom. The Bertz CT molecular complexity index is 1090. The van der Waals surface area contributed by atoms with Crippen LogP contribution in [0.15, 0.2) is 72.8 Å². The predicted molar refractivity (Wildman–Crippen MR) is 110 cm³/mol. The van der Waals surface area contributed by atoms with E-state index in [4.69, 9.17) is 0 Å². The molecule has 0 unspecified atom stereocenters. The number of aromatic hydroxyl groups is 1. The molecular formula is C23H21N3O. The van der Waals surface area contributed by atoms with Crippen LogP contribution < -0.4 is 5.32 Å². The van der Waals surface area contributed by atoms with E-state index in [0.29, 0.717) is 11.7 Å². The van der Waals surface area contributed by atoms with Crippen molar-refractivity contribution >= 4 is 22.3 Å². The van der Waals surface area contributed by atoms with Crippen LogP contribution in [-0.4, -0.2) is 15.3 Å². The summed E-state index contributed by atoms with van der Waals surface area (Å²) in [5.74, 6) is 1.37.